The fourth-order valence-electron chi connectivity index (χ4n) is 2.48. The monoisotopic (exact) mass is 322 g/mol. The fraction of sp³-hybridized carbons (Fsp3) is 0.529. The van der Waals surface area contributed by atoms with Gasteiger partial charge < -0.3 is 14.5 Å². The molecule has 1 aromatic carbocycles. The summed E-state index contributed by atoms with van der Waals surface area (Å²) in [5.41, 5.74) is 0. The summed E-state index contributed by atoms with van der Waals surface area (Å²) in [6, 6.07) is 5.71. The first-order valence-electron chi connectivity index (χ1n) is 7.89. The zero-order valence-corrected chi connectivity index (χ0v) is 13.6. The third-order valence-corrected chi connectivity index (χ3v) is 3.73. The van der Waals surface area contributed by atoms with Crippen LogP contribution in [-0.2, 0) is 9.59 Å². The summed E-state index contributed by atoms with van der Waals surface area (Å²) in [6.07, 6.45) is 0.538. The van der Waals surface area contributed by atoms with Gasteiger partial charge in [0.15, 0.2) is 6.61 Å². The van der Waals surface area contributed by atoms with Gasteiger partial charge in [0, 0.05) is 38.7 Å². The Morgan fingerprint density at radius 1 is 1.13 bits per heavy atom. The molecule has 0 saturated carbocycles. The molecule has 0 bridgehead atoms. The zero-order chi connectivity index (χ0) is 16.8. The van der Waals surface area contributed by atoms with Crippen LogP contribution in [0.1, 0.15) is 20.3 Å². The molecular formula is C17H23FN2O3. The molecule has 1 saturated heterocycles. The molecule has 0 unspecified atom stereocenters. The Kier molecular flexibility index (Phi) is 5.96. The minimum atomic E-state index is -0.396. The molecule has 0 atom stereocenters. The van der Waals surface area contributed by atoms with Crippen molar-refractivity contribution < 1.29 is 18.7 Å². The zero-order valence-electron chi connectivity index (χ0n) is 13.6. The van der Waals surface area contributed by atoms with Crippen molar-refractivity contribution in [2.45, 2.75) is 20.3 Å². The van der Waals surface area contributed by atoms with Crippen molar-refractivity contribution >= 4 is 11.8 Å². The van der Waals surface area contributed by atoms with E-state index in [1.54, 1.807) is 15.9 Å². The summed E-state index contributed by atoms with van der Waals surface area (Å²) in [4.78, 5) is 27.6. The Balaban J connectivity index is 1.76. The standard InChI is InChI=1S/C17H23FN2O3/c1-13(2)10-16(21)19-6-8-20(9-7-19)17(22)12-23-15-5-3-4-14(18)11-15/h3-5,11,13H,6-10,12H2,1-2H3. The maximum absolute atomic E-state index is 13.0. The number of carbonyl (C=O) groups excluding carboxylic acids is 2. The van der Waals surface area contributed by atoms with E-state index < -0.39 is 5.82 Å². The van der Waals surface area contributed by atoms with Crippen LogP contribution >= 0.6 is 0 Å². The van der Waals surface area contributed by atoms with Crippen LogP contribution in [0.4, 0.5) is 4.39 Å². The number of halogens is 1. The fourth-order valence-corrected chi connectivity index (χ4v) is 2.48. The van der Waals surface area contributed by atoms with Crippen molar-refractivity contribution in [1.82, 2.24) is 9.80 Å². The maximum Gasteiger partial charge on any atom is 0.260 e. The number of amides is 2. The summed E-state index contributed by atoms with van der Waals surface area (Å²) in [6.45, 7) is 6.03. The van der Waals surface area contributed by atoms with Crippen molar-refractivity contribution in [3.63, 3.8) is 0 Å². The molecule has 0 aliphatic carbocycles. The third-order valence-electron chi connectivity index (χ3n) is 3.73. The number of hydrogen-bond donors (Lipinski definition) is 0. The van der Waals surface area contributed by atoms with Gasteiger partial charge in [0.1, 0.15) is 11.6 Å². The average Bonchev–Trinajstić information content (AvgIpc) is 2.52. The van der Waals surface area contributed by atoms with Crippen molar-refractivity contribution in [2.75, 3.05) is 32.8 Å². The van der Waals surface area contributed by atoms with Crippen molar-refractivity contribution in [1.29, 1.82) is 0 Å². The maximum atomic E-state index is 13.0. The largest absolute Gasteiger partial charge is 0.484 e. The van der Waals surface area contributed by atoms with Gasteiger partial charge in [-0.25, -0.2) is 4.39 Å². The summed E-state index contributed by atoms with van der Waals surface area (Å²) >= 11 is 0. The molecule has 0 aromatic heterocycles. The summed E-state index contributed by atoms with van der Waals surface area (Å²) in [5.74, 6) is 0.270. The van der Waals surface area contributed by atoms with E-state index in [9.17, 15) is 14.0 Å². The lowest BCUT2D eigenvalue weighted by Gasteiger charge is -2.35. The van der Waals surface area contributed by atoms with Crippen molar-refractivity contribution in [3.05, 3.63) is 30.1 Å². The van der Waals surface area contributed by atoms with Crippen molar-refractivity contribution in [2.24, 2.45) is 5.92 Å². The minimum absolute atomic E-state index is 0.122. The third kappa shape index (κ3) is 5.23. The van der Waals surface area contributed by atoms with E-state index in [1.165, 1.54) is 18.2 Å². The SMILES string of the molecule is CC(C)CC(=O)N1CCN(C(=O)COc2cccc(F)c2)CC1. The topological polar surface area (TPSA) is 49.9 Å². The first-order chi connectivity index (χ1) is 11.0. The van der Waals surface area contributed by atoms with Gasteiger partial charge in [0.05, 0.1) is 0 Å². The molecule has 1 aliphatic rings. The van der Waals surface area contributed by atoms with E-state index in [1.807, 2.05) is 13.8 Å². The Bertz CT molecular complexity index is 555. The molecule has 1 aromatic rings. The molecule has 0 spiro atoms. The first-order valence-corrected chi connectivity index (χ1v) is 7.89. The van der Waals surface area contributed by atoms with Gasteiger partial charge in [0.2, 0.25) is 5.91 Å². The number of ether oxygens (including phenoxy) is 1. The molecule has 2 rings (SSSR count). The Labute approximate surface area is 136 Å². The number of hydrogen-bond acceptors (Lipinski definition) is 3. The smallest absolute Gasteiger partial charge is 0.260 e. The van der Waals surface area contributed by atoms with Crippen LogP contribution in [0.2, 0.25) is 0 Å². The van der Waals surface area contributed by atoms with E-state index >= 15 is 0 Å². The average molecular weight is 322 g/mol. The molecule has 1 aliphatic heterocycles. The predicted molar refractivity (Wildman–Crippen MR) is 84.5 cm³/mol. The molecule has 1 heterocycles. The highest BCUT2D eigenvalue weighted by Crippen LogP contribution is 2.13. The molecule has 5 nitrogen and oxygen atoms in total. The number of carbonyl (C=O) groups is 2. The molecule has 23 heavy (non-hydrogen) atoms. The van der Waals surface area contributed by atoms with Gasteiger partial charge in [-0.05, 0) is 18.1 Å². The van der Waals surface area contributed by atoms with Crippen molar-refractivity contribution in [3.8, 4) is 5.75 Å². The summed E-state index contributed by atoms with van der Waals surface area (Å²) < 4.78 is 18.4. The van der Waals surface area contributed by atoms with Crippen LogP contribution in [0.5, 0.6) is 5.75 Å². The lowest BCUT2D eigenvalue weighted by atomic mass is 10.1. The van der Waals surface area contributed by atoms with Crippen LogP contribution in [0.15, 0.2) is 24.3 Å². The Morgan fingerprint density at radius 2 is 1.74 bits per heavy atom. The Hall–Kier alpha value is -2.11. The van der Waals surface area contributed by atoms with Crippen LogP contribution in [-0.4, -0.2) is 54.4 Å². The van der Waals surface area contributed by atoms with Gasteiger partial charge in [0.25, 0.3) is 5.91 Å². The van der Waals surface area contributed by atoms with Gasteiger partial charge in [-0.2, -0.15) is 0 Å². The van der Waals surface area contributed by atoms with E-state index in [-0.39, 0.29) is 18.4 Å². The molecule has 126 valence electrons. The van der Waals surface area contributed by atoms with Crippen LogP contribution in [0, 0.1) is 11.7 Å². The second-order valence-electron chi connectivity index (χ2n) is 6.11. The van der Waals surface area contributed by atoms with Crippen LogP contribution < -0.4 is 4.74 Å². The lowest BCUT2D eigenvalue weighted by molar-refractivity contribution is -0.141. The van der Waals surface area contributed by atoms with Gasteiger partial charge >= 0.3 is 0 Å². The number of rotatable bonds is 5. The van der Waals surface area contributed by atoms with E-state index in [0.29, 0.717) is 44.3 Å². The number of benzene rings is 1. The van der Waals surface area contributed by atoms with E-state index in [4.69, 9.17) is 4.74 Å². The number of nitrogens with zero attached hydrogens (tertiary/aromatic N) is 2. The molecule has 2 amide bonds. The molecule has 0 N–H and O–H groups in total. The molecule has 1 fully saturated rings. The number of piperazine rings is 1. The second kappa shape index (κ2) is 7.94. The highest BCUT2D eigenvalue weighted by Gasteiger charge is 2.24. The normalized spacial score (nSPS) is 15.0. The highest BCUT2D eigenvalue weighted by molar-refractivity contribution is 5.79. The molecule has 6 heteroatoms. The van der Waals surface area contributed by atoms with Gasteiger partial charge in [-0.15, -0.1) is 0 Å². The van der Waals surface area contributed by atoms with Crippen LogP contribution in [0.25, 0.3) is 0 Å². The van der Waals surface area contributed by atoms with Crippen LogP contribution in [0.3, 0.4) is 0 Å². The van der Waals surface area contributed by atoms with Gasteiger partial charge in [-0.1, -0.05) is 19.9 Å². The predicted octanol–water partition coefficient (Wildman–Crippen LogP) is 1.92. The molecule has 0 radical (unpaired) electrons. The molecular weight excluding hydrogens is 299 g/mol. The second-order valence-corrected chi connectivity index (χ2v) is 6.11. The minimum Gasteiger partial charge on any atom is -0.484 e. The Morgan fingerprint density at radius 3 is 2.30 bits per heavy atom. The highest BCUT2D eigenvalue weighted by atomic mass is 19.1. The van der Waals surface area contributed by atoms with E-state index in [0.717, 1.165) is 0 Å². The van der Waals surface area contributed by atoms with E-state index in [2.05, 4.69) is 0 Å². The summed E-state index contributed by atoms with van der Waals surface area (Å²) in [7, 11) is 0. The first kappa shape index (κ1) is 17.2. The van der Waals surface area contributed by atoms with Gasteiger partial charge in [-0.3, -0.25) is 9.59 Å². The lowest BCUT2D eigenvalue weighted by Crippen LogP contribution is -2.51. The quantitative estimate of drug-likeness (QED) is 0.832. The summed E-state index contributed by atoms with van der Waals surface area (Å²) in [5, 5.41) is 0.